The van der Waals surface area contributed by atoms with Crippen molar-refractivity contribution in [3.05, 3.63) is 29.8 Å². The minimum atomic E-state index is -1.73. The maximum atomic E-state index is 13.2. The summed E-state index contributed by atoms with van der Waals surface area (Å²) in [5, 5.41) is 47.6. The van der Waals surface area contributed by atoms with Gasteiger partial charge >= 0.3 is 5.97 Å². The highest BCUT2D eigenvalue weighted by atomic mass is 16.4. The molecule has 7 atom stereocenters. The maximum absolute atomic E-state index is 13.2. The first-order valence-corrected chi connectivity index (χ1v) is 12.7. The SMILES string of the molecule is CCC(N)C(=O)N[C@H](C(=O)N[C@@H](CC(N)=O)C(=O)N[C@@H](Cc1ccc(O)cc1)C(=O)N[C@H](C(=O)O)C(C)O)C(C)O. The number of primary amides is 1. The van der Waals surface area contributed by atoms with Gasteiger partial charge in [-0.3, -0.25) is 24.0 Å². The first kappa shape index (κ1) is 34.7. The van der Waals surface area contributed by atoms with Crippen LogP contribution in [0.4, 0.5) is 0 Å². The number of phenols is 1. The number of carboxylic acid groups (broad SMARTS) is 1. The maximum Gasteiger partial charge on any atom is 0.328 e. The number of aliphatic hydroxyl groups is 2. The number of aromatic hydroxyl groups is 1. The Morgan fingerprint density at radius 3 is 1.73 bits per heavy atom. The molecule has 41 heavy (non-hydrogen) atoms. The van der Waals surface area contributed by atoms with Crippen LogP contribution in [-0.2, 0) is 35.2 Å². The van der Waals surface area contributed by atoms with Crippen molar-refractivity contribution in [1.82, 2.24) is 21.3 Å². The molecule has 0 aliphatic heterocycles. The number of benzene rings is 1. The van der Waals surface area contributed by atoms with Gasteiger partial charge in [0.25, 0.3) is 0 Å². The number of nitrogens with two attached hydrogens (primary N) is 2. The second kappa shape index (κ2) is 16.1. The van der Waals surface area contributed by atoms with E-state index in [9.17, 15) is 49.2 Å². The molecule has 0 saturated heterocycles. The molecule has 1 aromatic rings. The molecule has 0 heterocycles. The number of amides is 5. The van der Waals surface area contributed by atoms with Crippen molar-refractivity contribution < 1.29 is 49.2 Å². The fourth-order valence-electron chi connectivity index (χ4n) is 3.51. The average molecular weight is 583 g/mol. The molecule has 1 rings (SSSR count). The quantitative estimate of drug-likeness (QED) is 0.0906. The van der Waals surface area contributed by atoms with Gasteiger partial charge in [-0.1, -0.05) is 19.1 Å². The lowest BCUT2D eigenvalue weighted by Gasteiger charge is -2.27. The monoisotopic (exact) mass is 582 g/mol. The smallest absolute Gasteiger partial charge is 0.328 e. The number of aliphatic carboxylic acids is 1. The molecular weight excluding hydrogens is 544 g/mol. The summed E-state index contributed by atoms with van der Waals surface area (Å²) in [7, 11) is 0. The molecule has 0 saturated carbocycles. The van der Waals surface area contributed by atoms with Gasteiger partial charge in [-0.15, -0.1) is 0 Å². The second-order valence-corrected chi connectivity index (χ2v) is 9.47. The van der Waals surface area contributed by atoms with Crippen molar-refractivity contribution in [3.63, 3.8) is 0 Å². The average Bonchev–Trinajstić information content (AvgIpc) is 2.88. The van der Waals surface area contributed by atoms with Crippen LogP contribution >= 0.6 is 0 Å². The minimum absolute atomic E-state index is 0.0808. The molecule has 16 nitrogen and oxygen atoms in total. The lowest BCUT2D eigenvalue weighted by atomic mass is 10.0. The second-order valence-electron chi connectivity index (χ2n) is 9.47. The standard InChI is InChI=1S/C25H38N6O10/c1-4-15(26)21(36)30-19(11(2)32)24(39)29-17(10-18(27)35)22(37)28-16(9-13-5-7-14(34)8-6-13)23(38)31-20(12(3)33)25(40)41/h5-8,11-12,15-17,19-20,32-34H,4,9-10,26H2,1-3H3,(H2,27,35)(H,28,37)(H,29,39)(H,30,36)(H,31,38)(H,40,41)/t11?,12?,15?,16-,17-,19-,20-/m0/s1. The van der Waals surface area contributed by atoms with Gasteiger partial charge in [-0.25, -0.2) is 4.79 Å². The number of hydrogen-bond acceptors (Lipinski definition) is 10. The van der Waals surface area contributed by atoms with Crippen LogP contribution in [0.15, 0.2) is 24.3 Å². The van der Waals surface area contributed by atoms with E-state index in [1.807, 2.05) is 0 Å². The fourth-order valence-corrected chi connectivity index (χ4v) is 3.51. The number of phenolic OH excluding ortho intramolecular Hbond substituents is 1. The van der Waals surface area contributed by atoms with Crippen molar-refractivity contribution >= 4 is 35.5 Å². The van der Waals surface area contributed by atoms with Crippen LogP contribution in [0.1, 0.15) is 39.2 Å². The molecule has 3 unspecified atom stereocenters. The number of carboxylic acids is 1. The van der Waals surface area contributed by atoms with Gasteiger partial charge in [0, 0.05) is 6.42 Å². The lowest BCUT2D eigenvalue weighted by molar-refractivity contribution is -0.145. The summed E-state index contributed by atoms with van der Waals surface area (Å²) in [6, 6.07) is -1.95. The van der Waals surface area contributed by atoms with E-state index in [4.69, 9.17) is 11.5 Å². The third kappa shape index (κ3) is 11.4. The van der Waals surface area contributed by atoms with E-state index < -0.39 is 84.3 Å². The Hall–Kier alpha value is -4.28. The summed E-state index contributed by atoms with van der Waals surface area (Å²) in [6.45, 7) is 3.96. The molecule has 0 fully saturated rings. The number of nitrogens with one attached hydrogen (secondary N) is 4. The zero-order chi connectivity index (χ0) is 31.4. The van der Waals surface area contributed by atoms with E-state index >= 15 is 0 Å². The number of carbonyl (C=O) groups excluding carboxylic acids is 5. The molecule has 0 bridgehead atoms. The molecule has 0 aliphatic rings. The third-order valence-electron chi connectivity index (χ3n) is 5.93. The predicted octanol–water partition coefficient (Wildman–Crippen LogP) is -3.67. The van der Waals surface area contributed by atoms with Gasteiger partial charge in [0.05, 0.1) is 24.7 Å². The van der Waals surface area contributed by atoms with E-state index in [2.05, 4.69) is 21.3 Å². The van der Waals surface area contributed by atoms with Crippen LogP contribution in [0.2, 0.25) is 0 Å². The van der Waals surface area contributed by atoms with Gasteiger partial charge in [-0.2, -0.15) is 0 Å². The zero-order valence-corrected chi connectivity index (χ0v) is 22.9. The highest BCUT2D eigenvalue weighted by Gasteiger charge is 2.34. The topological polar surface area (TPSA) is 284 Å². The van der Waals surface area contributed by atoms with E-state index in [1.54, 1.807) is 6.92 Å². The first-order valence-electron chi connectivity index (χ1n) is 12.7. The van der Waals surface area contributed by atoms with E-state index in [1.165, 1.54) is 31.2 Å². The van der Waals surface area contributed by atoms with E-state index in [0.717, 1.165) is 6.92 Å². The van der Waals surface area contributed by atoms with Crippen molar-refractivity contribution in [2.45, 2.75) is 82.5 Å². The largest absolute Gasteiger partial charge is 0.508 e. The summed E-state index contributed by atoms with van der Waals surface area (Å²) in [6.07, 6.45) is -3.69. The molecule has 0 radical (unpaired) electrons. The summed E-state index contributed by atoms with van der Waals surface area (Å²) >= 11 is 0. The van der Waals surface area contributed by atoms with Crippen molar-refractivity contribution in [1.29, 1.82) is 0 Å². The third-order valence-corrected chi connectivity index (χ3v) is 5.93. The highest BCUT2D eigenvalue weighted by molar-refractivity contribution is 5.97. The van der Waals surface area contributed by atoms with Crippen LogP contribution in [0, 0.1) is 0 Å². The Balaban J connectivity index is 3.25. The summed E-state index contributed by atoms with van der Waals surface area (Å²) in [5.41, 5.74) is 11.3. The molecule has 5 amide bonds. The van der Waals surface area contributed by atoms with Crippen LogP contribution in [0.25, 0.3) is 0 Å². The number of rotatable bonds is 16. The fraction of sp³-hybridized carbons (Fsp3) is 0.520. The van der Waals surface area contributed by atoms with E-state index in [-0.39, 0.29) is 18.6 Å². The lowest BCUT2D eigenvalue weighted by Crippen LogP contribution is -2.61. The number of aliphatic hydroxyl groups excluding tert-OH is 2. The predicted molar refractivity (Wildman–Crippen MR) is 143 cm³/mol. The molecule has 0 spiro atoms. The Kier molecular flexibility index (Phi) is 13.6. The molecule has 12 N–H and O–H groups in total. The number of hydrogen-bond donors (Lipinski definition) is 10. The van der Waals surface area contributed by atoms with Gasteiger partial charge in [0.1, 0.15) is 23.9 Å². The molecule has 16 heteroatoms. The van der Waals surface area contributed by atoms with Crippen LogP contribution in [-0.4, -0.2) is 98.3 Å². The molecule has 1 aromatic carbocycles. The first-order chi connectivity index (χ1) is 19.1. The minimum Gasteiger partial charge on any atom is -0.508 e. The van der Waals surface area contributed by atoms with Crippen molar-refractivity contribution in [2.24, 2.45) is 11.5 Å². The summed E-state index contributed by atoms with van der Waals surface area (Å²) < 4.78 is 0. The van der Waals surface area contributed by atoms with Gasteiger partial charge in [-0.05, 0) is 38.0 Å². The molecule has 0 aliphatic carbocycles. The van der Waals surface area contributed by atoms with E-state index in [0.29, 0.717) is 5.56 Å². The van der Waals surface area contributed by atoms with Crippen molar-refractivity contribution in [2.75, 3.05) is 0 Å². The summed E-state index contributed by atoms with van der Waals surface area (Å²) in [4.78, 5) is 74.5. The van der Waals surface area contributed by atoms with Gasteiger partial charge in [0.15, 0.2) is 6.04 Å². The van der Waals surface area contributed by atoms with Gasteiger partial charge < -0.3 is 53.2 Å². The number of carbonyl (C=O) groups is 6. The van der Waals surface area contributed by atoms with Gasteiger partial charge in [0.2, 0.25) is 29.5 Å². The van der Waals surface area contributed by atoms with Crippen LogP contribution in [0.5, 0.6) is 5.75 Å². The van der Waals surface area contributed by atoms with Crippen molar-refractivity contribution in [3.8, 4) is 5.75 Å². The highest BCUT2D eigenvalue weighted by Crippen LogP contribution is 2.12. The molecule has 228 valence electrons. The van der Waals surface area contributed by atoms with Crippen LogP contribution < -0.4 is 32.7 Å². The Labute approximate surface area is 235 Å². The zero-order valence-electron chi connectivity index (χ0n) is 22.9. The summed E-state index contributed by atoms with van der Waals surface area (Å²) in [5.74, 6) is -6.55. The van der Waals surface area contributed by atoms with Crippen LogP contribution in [0.3, 0.4) is 0 Å². The Morgan fingerprint density at radius 2 is 1.27 bits per heavy atom. The molecule has 0 aromatic heterocycles. The normalized spacial score (nSPS) is 16.0. The Morgan fingerprint density at radius 1 is 0.780 bits per heavy atom. The Bertz CT molecular complexity index is 1090. The molecular formula is C25H38N6O10.